The highest BCUT2D eigenvalue weighted by atomic mass is 127. The van der Waals surface area contributed by atoms with Crippen molar-refractivity contribution in [2.24, 2.45) is 4.99 Å². The molecule has 0 N–H and O–H groups in total. The first-order valence-electron chi connectivity index (χ1n) is 7.80. The summed E-state index contributed by atoms with van der Waals surface area (Å²) in [4.78, 5) is 6.76. The Balaban J connectivity index is 1.88. The van der Waals surface area contributed by atoms with Crippen LogP contribution in [0.3, 0.4) is 0 Å². The molecule has 0 aliphatic heterocycles. The van der Waals surface area contributed by atoms with Crippen molar-refractivity contribution in [2.45, 2.75) is 6.92 Å². The van der Waals surface area contributed by atoms with Crippen LogP contribution in [0.1, 0.15) is 11.3 Å². The molecule has 1 aromatic heterocycles. The molecule has 0 bridgehead atoms. The number of aliphatic imine (C=N–C) groups is 1. The molecule has 3 nitrogen and oxygen atoms in total. The maximum absolute atomic E-state index is 4.66. The molecular formula is C20H20IN3. The van der Waals surface area contributed by atoms with E-state index >= 15 is 0 Å². The summed E-state index contributed by atoms with van der Waals surface area (Å²) in [5, 5.41) is 0. The zero-order valence-corrected chi connectivity index (χ0v) is 16.2. The standard InChI is InChI=1S/C20H20IN3/c1-15-13-16(21)6-11-20(15)22-14-19-5-4-12-24(19)18-9-7-17(8-10-18)23(2)3/h4-14H,1-3H3. The normalized spacial score (nSPS) is 11.2. The lowest BCUT2D eigenvalue weighted by Crippen LogP contribution is -2.08. The van der Waals surface area contributed by atoms with E-state index in [1.807, 2.05) is 26.4 Å². The molecule has 2 aromatic carbocycles. The van der Waals surface area contributed by atoms with Crippen LogP contribution < -0.4 is 4.90 Å². The highest BCUT2D eigenvalue weighted by molar-refractivity contribution is 14.1. The lowest BCUT2D eigenvalue weighted by Gasteiger charge is -2.13. The van der Waals surface area contributed by atoms with Gasteiger partial charge in [-0.15, -0.1) is 0 Å². The van der Waals surface area contributed by atoms with E-state index in [2.05, 4.69) is 98.7 Å². The van der Waals surface area contributed by atoms with Gasteiger partial charge in [-0.3, -0.25) is 4.99 Å². The van der Waals surface area contributed by atoms with Crippen LogP contribution in [0.2, 0.25) is 0 Å². The first-order chi connectivity index (χ1) is 11.5. The topological polar surface area (TPSA) is 20.5 Å². The lowest BCUT2D eigenvalue weighted by molar-refractivity contribution is 1.06. The molecule has 0 aliphatic rings. The van der Waals surface area contributed by atoms with Crippen molar-refractivity contribution in [1.82, 2.24) is 4.57 Å². The van der Waals surface area contributed by atoms with E-state index in [9.17, 15) is 0 Å². The maximum atomic E-state index is 4.66. The van der Waals surface area contributed by atoms with Crippen LogP contribution in [0.4, 0.5) is 11.4 Å². The number of hydrogen-bond donors (Lipinski definition) is 0. The van der Waals surface area contributed by atoms with Gasteiger partial charge in [0, 0.05) is 35.2 Å². The summed E-state index contributed by atoms with van der Waals surface area (Å²) in [5.41, 5.74) is 5.57. The minimum Gasteiger partial charge on any atom is -0.378 e. The lowest BCUT2D eigenvalue weighted by atomic mass is 10.2. The van der Waals surface area contributed by atoms with Crippen molar-refractivity contribution in [2.75, 3.05) is 19.0 Å². The Bertz CT molecular complexity index is 861. The third-order valence-corrected chi connectivity index (χ3v) is 4.59. The van der Waals surface area contributed by atoms with Gasteiger partial charge in [0.15, 0.2) is 0 Å². The van der Waals surface area contributed by atoms with Gasteiger partial charge in [-0.05, 0) is 89.7 Å². The van der Waals surface area contributed by atoms with Crippen molar-refractivity contribution >= 4 is 40.2 Å². The first kappa shape index (κ1) is 16.8. The Labute approximate surface area is 156 Å². The van der Waals surface area contributed by atoms with E-state index in [0.717, 1.165) is 17.1 Å². The molecule has 4 heteroatoms. The molecule has 0 unspecified atom stereocenters. The molecule has 0 atom stereocenters. The summed E-state index contributed by atoms with van der Waals surface area (Å²) in [5.74, 6) is 0. The summed E-state index contributed by atoms with van der Waals surface area (Å²) in [6.07, 6.45) is 3.99. The molecule has 122 valence electrons. The van der Waals surface area contributed by atoms with Crippen molar-refractivity contribution in [3.05, 3.63) is 75.6 Å². The number of nitrogens with zero attached hydrogens (tertiary/aromatic N) is 3. The smallest absolute Gasteiger partial charge is 0.0660 e. The Morgan fingerprint density at radius 3 is 2.46 bits per heavy atom. The number of hydrogen-bond acceptors (Lipinski definition) is 2. The van der Waals surface area contributed by atoms with Gasteiger partial charge in [0.1, 0.15) is 0 Å². The van der Waals surface area contributed by atoms with Gasteiger partial charge in [-0.25, -0.2) is 0 Å². The van der Waals surface area contributed by atoms with Crippen LogP contribution >= 0.6 is 22.6 Å². The number of halogens is 1. The van der Waals surface area contributed by atoms with E-state index in [0.29, 0.717) is 0 Å². The van der Waals surface area contributed by atoms with Gasteiger partial charge < -0.3 is 9.47 Å². The van der Waals surface area contributed by atoms with Gasteiger partial charge in [0.05, 0.1) is 17.6 Å². The van der Waals surface area contributed by atoms with E-state index in [1.165, 1.54) is 14.8 Å². The van der Waals surface area contributed by atoms with E-state index in [1.54, 1.807) is 0 Å². The van der Waals surface area contributed by atoms with Gasteiger partial charge in [0.25, 0.3) is 0 Å². The first-order valence-corrected chi connectivity index (χ1v) is 8.88. The molecule has 0 spiro atoms. The second-order valence-corrected chi connectivity index (χ2v) is 7.15. The SMILES string of the molecule is Cc1cc(I)ccc1N=Cc1cccn1-c1ccc(N(C)C)cc1. The number of aryl methyl sites for hydroxylation is 1. The third kappa shape index (κ3) is 3.70. The van der Waals surface area contributed by atoms with Gasteiger partial charge in [0.2, 0.25) is 0 Å². The molecule has 0 radical (unpaired) electrons. The monoisotopic (exact) mass is 429 g/mol. The fraction of sp³-hybridized carbons (Fsp3) is 0.150. The van der Waals surface area contributed by atoms with E-state index < -0.39 is 0 Å². The van der Waals surface area contributed by atoms with Crippen molar-refractivity contribution in [3.8, 4) is 5.69 Å². The highest BCUT2D eigenvalue weighted by Crippen LogP contribution is 2.21. The zero-order chi connectivity index (χ0) is 17.1. The van der Waals surface area contributed by atoms with Crippen molar-refractivity contribution in [3.63, 3.8) is 0 Å². The molecular weight excluding hydrogens is 409 g/mol. The largest absolute Gasteiger partial charge is 0.378 e. The highest BCUT2D eigenvalue weighted by Gasteiger charge is 2.03. The number of rotatable bonds is 4. The molecule has 3 aromatic rings. The van der Waals surface area contributed by atoms with E-state index in [-0.39, 0.29) is 0 Å². The summed E-state index contributed by atoms with van der Waals surface area (Å²) in [6, 6.07) is 18.9. The molecule has 1 heterocycles. The average molecular weight is 429 g/mol. The number of anilines is 1. The van der Waals surface area contributed by atoms with Gasteiger partial charge in [-0.1, -0.05) is 0 Å². The fourth-order valence-corrected chi connectivity index (χ4v) is 3.19. The second kappa shape index (κ2) is 7.21. The third-order valence-electron chi connectivity index (χ3n) is 3.92. The molecule has 24 heavy (non-hydrogen) atoms. The second-order valence-electron chi connectivity index (χ2n) is 5.90. The van der Waals surface area contributed by atoms with E-state index in [4.69, 9.17) is 0 Å². The molecule has 0 fully saturated rings. The van der Waals surface area contributed by atoms with Crippen LogP contribution in [0.25, 0.3) is 5.69 Å². The Morgan fingerprint density at radius 1 is 1.04 bits per heavy atom. The molecule has 0 saturated heterocycles. The van der Waals surface area contributed by atoms with Crippen LogP contribution in [0, 0.1) is 10.5 Å². The molecule has 0 saturated carbocycles. The minimum atomic E-state index is 1.01. The van der Waals surface area contributed by atoms with Crippen molar-refractivity contribution < 1.29 is 0 Å². The maximum Gasteiger partial charge on any atom is 0.0660 e. The quantitative estimate of drug-likeness (QED) is 0.412. The molecule has 3 rings (SSSR count). The minimum absolute atomic E-state index is 1.01. The molecule has 0 amide bonds. The van der Waals surface area contributed by atoms with Crippen LogP contribution in [-0.2, 0) is 0 Å². The average Bonchev–Trinajstić information content (AvgIpc) is 3.02. The zero-order valence-electron chi connectivity index (χ0n) is 14.1. The summed E-state index contributed by atoms with van der Waals surface area (Å²) in [7, 11) is 4.10. The Kier molecular flexibility index (Phi) is 5.04. The molecule has 0 aliphatic carbocycles. The predicted molar refractivity (Wildman–Crippen MR) is 111 cm³/mol. The Hall–Kier alpha value is -2.08. The number of benzene rings is 2. The Morgan fingerprint density at radius 2 is 1.79 bits per heavy atom. The number of aromatic nitrogens is 1. The van der Waals surface area contributed by atoms with Crippen LogP contribution in [0.15, 0.2) is 65.8 Å². The fourth-order valence-electron chi connectivity index (χ4n) is 2.55. The predicted octanol–water partition coefficient (Wildman–Crippen LogP) is 5.21. The van der Waals surface area contributed by atoms with Crippen molar-refractivity contribution in [1.29, 1.82) is 0 Å². The van der Waals surface area contributed by atoms with Crippen LogP contribution in [-0.4, -0.2) is 24.9 Å². The van der Waals surface area contributed by atoms with Gasteiger partial charge >= 0.3 is 0 Å². The van der Waals surface area contributed by atoms with Crippen LogP contribution in [0.5, 0.6) is 0 Å². The summed E-state index contributed by atoms with van der Waals surface area (Å²) < 4.78 is 3.37. The summed E-state index contributed by atoms with van der Waals surface area (Å²) in [6.45, 7) is 2.09. The summed E-state index contributed by atoms with van der Waals surface area (Å²) >= 11 is 2.32. The van der Waals surface area contributed by atoms with Gasteiger partial charge in [-0.2, -0.15) is 0 Å².